The number of hydrogen-bond acceptors (Lipinski definition) is 2. The van der Waals surface area contributed by atoms with Gasteiger partial charge in [0.1, 0.15) is 0 Å². The van der Waals surface area contributed by atoms with Crippen LogP contribution in [-0.4, -0.2) is 15.8 Å². The molecule has 1 saturated carbocycles. The van der Waals surface area contributed by atoms with Crippen molar-refractivity contribution in [2.75, 3.05) is 0 Å². The van der Waals surface area contributed by atoms with E-state index >= 15 is 0 Å². The summed E-state index contributed by atoms with van der Waals surface area (Å²) in [5, 5.41) is 8.12. The van der Waals surface area contributed by atoms with E-state index in [4.69, 9.17) is 0 Å². The first-order valence-corrected chi connectivity index (χ1v) is 6.45. The molecule has 3 nitrogen and oxygen atoms in total. The Labute approximate surface area is 98.2 Å². The number of aryl methyl sites for hydroxylation is 2. The minimum atomic E-state index is 0.718. The Bertz CT molecular complexity index is 343. The summed E-state index contributed by atoms with van der Waals surface area (Å²) in [5.74, 6) is 0.898. The first kappa shape index (κ1) is 11.6. The summed E-state index contributed by atoms with van der Waals surface area (Å²) in [7, 11) is 0. The monoisotopic (exact) mass is 221 g/mol. The van der Waals surface area contributed by atoms with Gasteiger partial charge >= 0.3 is 0 Å². The normalized spacial score (nSPS) is 25.2. The number of nitrogens with zero attached hydrogens (tertiary/aromatic N) is 2. The highest BCUT2D eigenvalue weighted by atomic mass is 15.3. The van der Waals surface area contributed by atoms with E-state index in [2.05, 4.69) is 41.9 Å². The Balaban J connectivity index is 1.89. The zero-order valence-corrected chi connectivity index (χ0v) is 10.7. The molecule has 1 N–H and O–H groups in total. The molecule has 1 heterocycles. The minimum Gasteiger partial charge on any atom is -0.308 e. The lowest BCUT2D eigenvalue weighted by Crippen LogP contribution is -2.27. The van der Waals surface area contributed by atoms with Crippen molar-refractivity contribution in [1.82, 2.24) is 15.1 Å². The van der Waals surface area contributed by atoms with Crippen LogP contribution in [0.25, 0.3) is 0 Å². The fourth-order valence-corrected chi connectivity index (χ4v) is 2.66. The van der Waals surface area contributed by atoms with Crippen molar-refractivity contribution in [3.8, 4) is 0 Å². The molecular weight excluding hydrogens is 198 g/mol. The van der Waals surface area contributed by atoms with Gasteiger partial charge in [0.15, 0.2) is 0 Å². The highest BCUT2D eigenvalue weighted by molar-refractivity contribution is 5.08. The maximum atomic E-state index is 4.47. The molecule has 1 aromatic heterocycles. The quantitative estimate of drug-likeness (QED) is 0.846. The van der Waals surface area contributed by atoms with Crippen LogP contribution in [0.1, 0.15) is 44.5 Å². The van der Waals surface area contributed by atoms with Crippen LogP contribution < -0.4 is 5.32 Å². The predicted molar refractivity (Wildman–Crippen MR) is 66.3 cm³/mol. The lowest BCUT2D eigenvalue weighted by atomic mass is 10.1. The average molecular weight is 221 g/mol. The molecule has 1 aliphatic rings. The predicted octanol–water partition coefficient (Wildman–Crippen LogP) is 2.49. The molecule has 1 aromatic rings. The number of hydrogen-bond donors (Lipinski definition) is 1. The summed E-state index contributed by atoms with van der Waals surface area (Å²) in [4.78, 5) is 0. The molecule has 1 aliphatic carbocycles. The Morgan fingerprint density at radius 3 is 2.94 bits per heavy atom. The van der Waals surface area contributed by atoms with Gasteiger partial charge < -0.3 is 5.32 Å². The summed E-state index contributed by atoms with van der Waals surface area (Å²) in [6.45, 7) is 8.49. The Kier molecular flexibility index (Phi) is 3.64. The summed E-state index contributed by atoms with van der Waals surface area (Å²) in [5.41, 5.74) is 2.44. The molecule has 2 unspecified atom stereocenters. The average Bonchev–Trinajstić information content (AvgIpc) is 2.81. The number of nitrogens with one attached hydrogen (secondary N) is 1. The van der Waals surface area contributed by atoms with Crippen molar-refractivity contribution >= 4 is 0 Å². The van der Waals surface area contributed by atoms with E-state index in [1.807, 2.05) is 0 Å². The third-order valence-corrected chi connectivity index (χ3v) is 3.55. The second-order valence-electron chi connectivity index (χ2n) is 5.09. The van der Waals surface area contributed by atoms with E-state index in [0.717, 1.165) is 30.7 Å². The zero-order valence-electron chi connectivity index (χ0n) is 10.7. The van der Waals surface area contributed by atoms with Gasteiger partial charge in [-0.05, 0) is 45.1 Å². The third kappa shape index (κ3) is 2.64. The highest BCUT2D eigenvalue weighted by Gasteiger charge is 2.20. The molecule has 0 aromatic carbocycles. The second-order valence-corrected chi connectivity index (χ2v) is 5.09. The van der Waals surface area contributed by atoms with E-state index in [-0.39, 0.29) is 0 Å². The van der Waals surface area contributed by atoms with Gasteiger partial charge in [-0.15, -0.1) is 0 Å². The molecular formula is C13H23N3. The molecule has 0 spiro atoms. The van der Waals surface area contributed by atoms with Gasteiger partial charge in [0.2, 0.25) is 0 Å². The van der Waals surface area contributed by atoms with Crippen LogP contribution in [0.15, 0.2) is 6.07 Å². The summed E-state index contributed by atoms with van der Waals surface area (Å²) < 4.78 is 2.10. The fraction of sp³-hybridized carbons (Fsp3) is 0.769. The van der Waals surface area contributed by atoms with Gasteiger partial charge in [-0.25, -0.2) is 0 Å². The first-order chi connectivity index (χ1) is 7.69. The van der Waals surface area contributed by atoms with Gasteiger partial charge in [0.05, 0.1) is 11.4 Å². The van der Waals surface area contributed by atoms with Gasteiger partial charge in [-0.3, -0.25) is 4.68 Å². The lowest BCUT2D eigenvalue weighted by Gasteiger charge is -2.12. The molecule has 0 saturated heterocycles. The SMILES string of the molecule is CCn1nc(C)cc1CNC1CCC(C)C1. The molecule has 0 aliphatic heterocycles. The van der Waals surface area contributed by atoms with Gasteiger partial charge in [-0.2, -0.15) is 5.10 Å². The molecule has 2 rings (SSSR count). The molecule has 0 bridgehead atoms. The Morgan fingerprint density at radius 1 is 1.50 bits per heavy atom. The van der Waals surface area contributed by atoms with Crippen LogP contribution >= 0.6 is 0 Å². The largest absolute Gasteiger partial charge is 0.308 e. The van der Waals surface area contributed by atoms with E-state index in [9.17, 15) is 0 Å². The molecule has 0 radical (unpaired) electrons. The first-order valence-electron chi connectivity index (χ1n) is 6.45. The maximum Gasteiger partial charge on any atom is 0.0597 e. The van der Waals surface area contributed by atoms with Gasteiger partial charge in [0, 0.05) is 19.1 Å². The van der Waals surface area contributed by atoms with Crippen molar-refractivity contribution in [3.63, 3.8) is 0 Å². The van der Waals surface area contributed by atoms with E-state index in [1.165, 1.54) is 25.0 Å². The van der Waals surface area contributed by atoms with Gasteiger partial charge in [-0.1, -0.05) is 6.92 Å². The van der Waals surface area contributed by atoms with Crippen molar-refractivity contribution in [2.45, 2.75) is 59.2 Å². The number of rotatable bonds is 4. The fourth-order valence-electron chi connectivity index (χ4n) is 2.66. The van der Waals surface area contributed by atoms with Crippen molar-refractivity contribution in [1.29, 1.82) is 0 Å². The van der Waals surface area contributed by atoms with E-state index in [1.54, 1.807) is 0 Å². The minimum absolute atomic E-state index is 0.718. The lowest BCUT2D eigenvalue weighted by molar-refractivity contribution is 0.483. The molecule has 90 valence electrons. The summed E-state index contributed by atoms with van der Waals surface area (Å²) >= 11 is 0. The van der Waals surface area contributed by atoms with Crippen LogP contribution in [0.2, 0.25) is 0 Å². The van der Waals surface area contributed by atoms with Crippen LogP contribution in [0.3, 0.4) is 0 Å². The topological polar surface area (TPSA) is 29.9 Å². The molecule has 16 heavy (non-hydrogen) atoms. The molecule has 1 fully saturated rings. The van der Waals surface area contributed by atoms with E-state index < -0.39 is 0 Å². The van der Waals surface area contributed by atoms with Gasteiger partial charge in [0.25, 0.3) is 0 Å². The van der Waals surface area contributed by atoms with Crippen molar-refractivity contribution in [3.05, 3.63) is 17.5 Å². The Hall–Kier alpha value is -0.830. The summed E-state index contributed by atoms with van der Waals surface area (Å²) in [6.07, 6.45) is 4.05. The van der Waals surface area contributed by atoms with E-state index in [0.29, 0.717) is 0 Å². The number of aromatic nitrogens is 2. The summed E-state index contributed by atoms with van der Waals surface area (Å²) in [6, 6.07) is 2.91. The molecule has 0 amide bonds. The van der Waals surface area contributed by atoms with Crippen LogP contribution in [-0.2, 0) is 13.1 Å². The second kappa shape index (κ2) is 5.00. The Morgan fingerprint density at radius 2 is 2.31 bits per heavy atom. The standard InChI is InChI=1S/C13H23N3/c1-4-16-13(8-11(3)15-16)9-14-12-6-5-10(2)7-12/h8,10,12,14H,4-7,9H2,1-3H3. The van der Waals surface area contributed by atoms with Crippen molar-refractivity contribution < 1.29 is 0 Å². The molecule has 2 atom stereocenters. The molecule has 3 heteroatoms. The smallest absolute Gasteiger partial charge is 0.0597 e. The zero-order chi connectivity index (χ0) is 11.5. The van der Waals surface area contributed by atoms with Crippen LogP contribution in [0.5, 0.6) is 0 Å². The maximum absolute atomic E-state index is 4.47. The van der Waals surface area contributed by atoms with Crippen LogP contribution in [0.4, 0.5) is 0 Å². The third-order valence-electron chi connectivity index (χ3n) is 3.55. The van der Waals surface area contributed by atoms with Crippen molar-refractivity contribution in [2.24, 2.45) is 5.92 Å². The van der Waals surface area contributed by atoms with Crippen LogP contribution in [0, 0.1) is 12.8 Å². The highest BCUT2D eigenvalue weighted by Crippen LogP contribution is 2.24.